The van der Waals surface area contributed by atoms with E-state index >= 15 is 0 Å². The van der Waals surface area contributed by atoms with Gasteiger partial charge in [0, 0.05) is 24.0 Å². The van der Waals surface area contributed by atoms with Gasteiger partial charge in [-0.05, 0) is 49.9 Å². The van der Waals surface area contributed by atoms with Gasteiger partial charge in [0.15, 0.2) is 0 Å². The second-order valence-electron chi connectivity index (χ2n) is 6.43. The van der Waals surface area contributed by atoms with Crippen molar-refractivity contribution in [1.82, 2.24) is 9.88 Å². The predicted molar refractivity (Wildman–Crippen MR) is 86.7 cm³/mol. The van der Waals surface area contributed by atoms with Crippen molar-refractivity contribution in [1.29, 1.82) is 0 Å². The largest absolute Gasteiger partial charge is 0.351 e. The van der Waals surface area contributed by atoms with E-state index in [4.69, 9.17) is 0 Å². The summed E-state index contributed by atoms with van der Waals surface area (Å²) in [6.45, 7) is 4.19. The minimum atomic E-state index is 0.121. The van der Waals surface area contributed by atoms with Crippen LogP contribution in [0.4, 0.5) is 0 Å². The minimum absolute atomic E-state index is 0.121. The van der Waals surface area contributed by atoms with Gasteiger partial charge in [-0.2, -0.15) is 0 Å². The molecule has 2 aromatic rings. The number of rotatable bonds is 2. The number of nitrogens with zero attached hydrogens (tertiary/aromatic N) is 1. The number of H-pyrrole nitrogens is 1. The van der Waals surface area contributed by atoms with Crippen LogP contribution in [-0.2, 0) is 0 Å². The van der Waals surface area contributed by atoms with Gasteiger partial charge < -0.3 is 9.88 Å². The first-order chi connectivity index (χ1) is 10.1. The van der Waals surface area contributed by atoms with Gasteiger partial charge in [-0.15, -0.1) is 0 Å². The number of aromatic amines is 1. The fourth-order valence-electron chi connectivity index (χ4n) is 3.54. The number of carbonyl (C=O) groups is 1. The second-order valence-corrected chi connectivity index (χ2v) is 6.43. The molecule has 1 fully saturated rings. The summed E-state index contributed by atoms with van der Waals surface area (Å²) in [7, 11) is 1.95. The highest BCUT2D eigenvalue weighted by atomic mass is 16.2. The molecular formula is C18H24N2O. The van der Waals surface area contributed by atoms with Crippen molar-refractivity contribution in [3.8, 4) is 0 Å². The van der Waals surface area contributed by atoms with E-state index in [-0.39, 0.29) is 5.91 Å². The van der Waals surface area contributed by atoms with E-state index < -0.39 is 0 Å². The fourth-order valence-corrected chi connectivity index (χ4v) is 3.54. The highest BCUT2D eigenvalue weighted by molar-refractivity contribution is 5.99. The topological polar surface area (TPSA) is 36.1 Å². The quantitative estimate of drug-likeness (QED) is 0.882. The molecule has 3 rings (SSSR count). The molecule has 1 heterocycles. The molecule has 0 spiro atoms. The van der Waals surface area contributed by atoms with E-state index in [0.29, 0.717) is 11.7 Å². The lowest BCUT2D eigenvalue weighted by molar-refractivity contribution is 0.0691. The molecule has 1 N–H and O–H groups in total. The van der Waals surface area contributed by atoms with Crippen LogP contribution in [0, 0.1) is 13.8 Å². The van der Waals surface area contributed by atoms with Gasteiger partial charge in [0.1, 0.15) is 5.69 Å². The van der Waals surface area contributed by atoms with Crippen LogP contribution >= 0.6 is 0 Å². The Morgan fingerprint density at radius 3 is 2.57 bits per heavy atom. The Morgan fingerprint density at radius 1 is 1.14 bits per heavy atom. The molecule has 1 amide bonds. The van der Waals surface area contributed by atoms with Gasteiger partial charge in [0.25, 0.3) is 5.91 Å². The third kappa shape index (κ3) is 2.69. The Morgan fingerprint density at radius 2 is 1.86 bits per heavy atom. The van der Waals surface area contributed by atoms with E-state index in [1.54, 1.807) is 0 Å². The summed E-state index contributed by atoms with van der Waals surface area (Å²) in [5, 5.41) is 1.15. The lowest BCUT2D eigenvalue weighted by atomic mass is 9.94. The Hall–Kier alpha value is -1.77. The van der Waals surface area contributed by atoms with Crippen LogP contribution in [0.3, 0.4) is 0 Å². The third-order valence-electron chi connectivity index (χ3n) is 4.76. The highest BCUT2D eigenvalue weighted by Gasteiger charge is 2.24. The fraction of sp³-hybridized carbons (Fsp3) is 0.500. The predicted octanol–water partition coefficient (Wildman–Crippen LogP) is 4.19. The maximum atomic E-state index is 12.7. The maximum absolute atomic E-state index is 12.7. The molecule has 1 aliphatic rings. The average molecular weight is 284 g/mol. The van der Waals surface area contributed by atoms with Crippen LogP contribution in [-0.4, -0.2) is 28.9 Å². The van der Waals surface area contributed by atoms with Gasteiger partial charge in [0.05, 0.1) is 0 Å². The number of fused-ring (bicyclic) bond motifs is 1. The molecule has 1 aliphatic carbocycles. The van der Waals surface area contributed by atoms with Crippen LogP contribution < -0.4 is 0 Å². The zero-order valence-electron chi connectivity index (χ0n) is 13.2. The van der Waals surface area contributed by atoms with Gasteiger partial charge in [0.2, 0.25) is 0 Å². The smallest absolute Gasteiger partial charge is 0.270 e. The van der Waals surface area contributed by atoms with Gasteiger partial charge >= 0.3 is 0 Å². The molecule has 0 bridgehead atoms. The van der Waals surface area contributed by atoms with E-state index in [2.05, 4.69) is 31.0 Å². The molecule has 1 aromatic carbocycles. The summed E-state index contributed by atoms with van der Waals surface area (Å²) in [5.74, 6) is 0.121. The van der Waals surface area contributed by atoms with Gasteiger partial charge in [-0.3, -0.25) is 4.79 Å². The second kappa shape index (κ2) is 5.55. The Balaban J connectivity index is 1.88. The van der Waals surface area contributed by atoms with Crippen molar-refractivity contribution >= 4 is 16.8 Å². The number of aryl methyl sites for hydroxylation is 2. The Labute approximate surface area is 126 Å². The van der Waals surface area contributed by atoms with Crippen LogP contribution in [0.5, 0.6) is 0 Å². The van der Waals surface area contributed by atoms with E-state index in [0.717, 1.165) is 23.7 Å². The normalized spacial score (nSPS) is 16.3. The van der Waals surface area contributed by atoms with Crippen molar-refractivity contribution < 1.29 is 4.79 Å². The summed E-state index contributed by atoms with van der Waals surface area (Å²) >= 11 is 0. The van der Waals surface area contributed by atoms with Crippen LogP contribution in [0.1, 0.15) is 53.7 Å². The lowest BCUT2D eigenvalue weighted by Crippen LogP contribution is -2.38. The number of aromatic nitrogens is 1. The summed E-state index contributed by atoms with van der Waals surface area (Å²) in [6, 6.07) is 6.68. The first kappa shape index (κ1) is 14.2. The molecule has 1 aromatic heterocycles. The summed E-state index contributed by atoms with van der Waals surface area (Å²) in [4.78, 5) is 17.9. The van der Waals surface area contributed by atoms with E-state index in [1.807, 2.05) is 18.0 Å². The molecule has 21 heavy (non-hydrogen) atoms. The standard InChI is InChI=1S/C18H24N2O/c1-12-9-13(2)15-11-17(19-16(15)10-12)18(21)20(3)14-7-5-4-6-8-14/h9-11,14,19H,4-8H2,1-3H3. The Kier molecular flexibility index (Phi) is 3.75. The Bertz CT molecular complexity index is 665. The maximum Gasteiger partial charge on any atom is 0.270 e. The van der Waals surface area contributed by atoms with Crippen LogP contribution in [0.15, 0.2) is 18.2 Å². The zero-order chi connectivity index (χ0) is 15.0. The number of carbonyl (C=O) groups excluding carboxylic acids is 1. The minimum Gasteiger partial charge on any atom is -0.351 e. The van der Waals surface area contributed by atoms with Gasteiger partial charge in [-0.25, -0.2) is 0 Å². The van der Waals surface area contributed by atoms with Crippen LogP contribution in [0.2, 0.25) is 0 Å². The van der Waals surface area contributed by atoms with Crippen molar-refractivity contribution in [2.45, 2.75) is 52.0 Å². The number of nitrogens with one attached hydrogen (secondary N) is 1. The highest BCUT2D eigenvalue weighted by Crippen LogP contribution is 2.25. The molecule has 1 saturated carbocycles. The van der Waals surface area contributed by atoms with Crippen molar-refractivity contribution in [2.75, 3.05) is 7.05 Å². The lowest BCUT2D eigenvalue weighted by Gasteiger charge is -2.30. The number of hydrogen-bond donors (Lipinski definition) is 1. The molecule has 0 unspecified atom stereocenters. The molecule has 0 atom stereocenters. The number of hydrogen-bond acceptors (Lipinski definition) is 1. The first-order valence-corrected chi connectivity index (χ1v) is 7.93. The van der Waals surface area contributed by atoms with Crippen molar-refractivity contribution in [3.63, 3.8) is 0 Å². The van der Waals surface area contributed by atoms with Gasteiger partial charge in [-0.1, -0.05) is 25.3 Å². The molecule has 3 nitrogen and oxygen atoms in total. The molecule has 112 valence electrons. The average Bonchev–Trinajstić information content (AvgIpc) is 2.91. The summed E-state index contributed by atoms with van der Waals surface area (Å²) in [6.07, 6.45) is 6.07. The van der Waals surface area contributed by atoms with E-state index in [1.165, 1.54) is 30.4 Å². The SMILES string of the molecule is Cc1cc(C)c2cc(C(=O)N(C)C3CCCCC3)[nH]c2c1. The molecule has 0 aliphatic heterocycles. The number of benzene rings is 1. The molecular weight excluding hydrogens is 260 g/mol. The monoisotopic (exact) mass is 284 g/mol. The first-order valence-electron chi connectivity index (χ1n) is 7.93. The number of amides is 1. The van der Waals surface area contributed by atoms with Crippen LogP contribution in [0.25, 0.3) is 10.9 Å². The molecule has 3 heteroatoms. The summed E-state index contributed by atoms with van der Waals surface area (Å²) in [5.41, 5.74) is 4.22. The zero-order valence-corrected chi connectivity index (χ0v) is 13.2. The van der Waals surface area contributed by atoms with Crippen molar-refractivity contribution in [2.24, 2.45) is 0 Å². The molecule has 0 saturated heterocycles. The molecule has 0 radical (unpaired) electrons. The van der Waals surface area contributed by atoms with E-state index in [9.17, 15) is 4.79 Å². The summed E-state index contributed by atoms with van der Waals surface area (Å²) < 4.78 is 0. The van der Waals surface area contributed by atoms with Crippen molar-refractivity contribution in [3.05, 3.63) is 35.0 Å². The third-order valence-corrected chi connectivity index (χ3v) is 4.76.